The molecule has 0 radical (unpaired) electrons. The fourth-order valence-corrected chi connectivity index (χ4v) is 7.76. The van der Waals surface area contributed by atoms with Crippen molar-refractivity contribution in [2.24, 2.45) is 0 Å². The zero-order valence-corrected chi connectivity index (χ0v) is 21.5. The maximum Gasteiger partial charge on any atom is 0.262 e. The van der Waals surface area contributed by atoms with Crippen LogP contribution < -0.4 is 4.74 Å². The van der Waals surface area contributed by atoms with Crippen LogP contribution in [-0.4, -0.2) is 33.0 Å². The van der Waals surface area contributed by atoms with E-state index in [4.69, 9.17) is 4.74 Å². The summed E-state index contributed by atoms with van der Waals surface area (Å²) in [6, 6.07) is 25.1. The molecule has 9 rings (SSSR count). The minimum absolute atomic E-state index is 0.207. The summed E-state index contributed by atoms with van der Waals surface area (Å²) >= 11 is 0. The van der Waals surface area contributed by atoms with Gasteiger partial charge in [0.15, 0.2) is 0 Å². The summed E-state index contributed by atoms with van der Waals surface area (Å²) < 4.78 is 10.3. The van der Waals surface area contributed by atoms with Crippen molar-refractivity contribution in [1.29, 1.82) is 0 Å². The number of nitrogens with zero attached hydrogens (tertiary/aromatic N) is 3. The maximum absolute atomic E-state index is 14.3. The molecule has 2 atom stereocenters. The van der Waals surface area contributed by atoms with Crippen molar-refractivity contribution in [2.75, 3.05) is 7.11 Å². The van der Waals surface area contributed by atoms with E-state index in [1.54, 1.807) is 7.11 Å². The van der Waals surface area contributed by atoms with Gasteiger partial charge < -0.3 is 13.9 Å². The predicted molar refractivity (Wildman–Crippen MR) is 152 cm³/mol. The quantitative estimate of drug-likeness (QED) is 0.241. The van der Waals surface area contributed by atoms with E-state index in [0.717, 1.165) is 74.2 Å². The van der Waals surface area contributed by atoms with Crippen LogP contribution in [0.4, 0.5) is 0 Å². The first-order valence-electron chi connectivity index (χ1n) is 13.7. The van der Waals surface area contributed by atoms with Gasteiger partial charge in [0, 0.05) is 44.7 Å². The Morgan fingerprint density at radius 3 is 1.74 bits per heavy atom. The summed E-state index contributed by atoms with van der Waals surface area (Å²) in [5.74, 6) is 0.331. The van der Waals surface area contributed by atoms with Gasteiger partial charge in [0.25, 0.3) is 11.8 Å². The zero-order chi connectivity index (χ0) is 26.0. The average Bonchev–Trinajstić information content (AvgIpc) is 3.68. The number of methoxy groups -OCH3 is 1. The van der Waals surface area contributed by atoms with Crippen LogP contribution in [0.25, 0.3) is 43.6 Å². The zero-order valence-electron chi connectivity index (χ0n) is 21.5. The van der Waals surface area contributed by atoms with Gasteiger partial charge in [0.05, 0.1) is 35.8 Å². The SMILES string of the molecule is COc1ccc(CN2C(=O)c3c(c4c5ccccc5n5c4c4c3c3ccccc3n4C3CCC5C3)C2=O)cc1. The molecule has 1 fully saturated rings. The number of benzene rings is 4. The van der Waals surface area contributed by atoms with Crippen molar-refractivity contribution in [3.63, 3.8) is 0 Å². The minimum atomic E-state index is -0.207. The van der Waals surface area contributed by atoms with Gasteiger partial charge in [-0.25, -0.2) is 0 Å². The molecular formula is C33H25N3O3. The summed E-state index contributed by atoms with van der Waals surface area (Å²) in [5, 5.41) is 3.97. The molecule has 2 amide bonds. The van der Waals surface area contributed by atoms with Gasteiger partial charge >= 0.3 is 0 Å². The first kappa shape index (κ1) is 21.4. The predicted octanol–water partition coefficient (Wildman–Crippen LogP) is 6.99. The number of hydrogen-bond donors (Lipinski definition) is 0. The molecule has 0 N–H and O–H groups in total. The van der Waals surface area contributed by atoms with Crippen LogP contribution in [0.5, 0.6) is 5.75 Å². The van der Waals surface area contributed by atoms with Gasteiger partial charge in [0.2, 0.25) is 0 Å². The largest absolute Gasteiger partial charge is 0.497 e. The number of fused-ring (bicyclic) bond motifs is 13. The minimum Gasteiger partial charge on any atom is -0.497 e. The molecule has 6 nitrogen and oxygen atoms in total. The second-order valence-corrected chi connectivity index (χ2v) is 11.1. The van der Waals surface area contributed by atoms with Crippen molar-refractivity contribution < 1.29 is 14.3 Å². The molecule has 6 aromatic rings. The molecular weight excluding hydrogens is 486 g/mol. The van der Waals surface area contributed by atoms with Gasteiger partial charge in [-0.1, -0.05) is 48.5 Å². The third-order valence-electron chi connectivity index (χ3n) is 9.32. The molecule has 2 aromatic heterocycles. The lowest BCUT2D eigenvalue weighted by Crippen LogP contribution is -2.29. The third kappa shape index (κ3) is 2.52. The summed E-state index contributed by atoms with van der Waals surface area (Å²) in [6.07, 6.45) is 3.28. The normalized spacial score (nSPS) is 19.8. The number of carbonyl (C=O) groups excluding carboxylic acids is 2. The number of rotatable bonds is 3. The van der Waals surface area contributed by atoms with Crippen LogP contribution >= 0.6 is 0 Å². The molecule has 2 bridgehead atoms. The molecule has 0 saturated heterocycles. The Balaban J connectivity index is 1.43. The number of amides is 2. The van der Waals surface area contributed by atoms with Crippen molar-refractivity contribution >= 4 is 55.4 Å². The Bertz CT molecular complexity index is 1940. The van der Waals surface area contributed by atoms with Crippen molar-refractivity contribution in [3.8, 4) is 5.75 Å². The molecule has 190 valence electrons. The average molecular weight is 512 g/mol. The van der Waals surface area contributed by atoms with Crippen molar-refractivity contribution in [1.82, 2.24) is 14.0 Å². The molecule has 0 spiro atoms. The Kier molecular flexibility index (Phi) is 3.99. The molecule has 2 aliphatic heterocycles. The van der Waals surface area contributed by atoms with Crippen molar-refractivity contribution in [3.05, 3.63) is 89.5 Å². The fraction of sp³-hybridized carbons (Fsp3) is 0.212. The van der Waals surface area contributed by atoms with E-state index in [9.17, 15) is 9.59 Å². The molecule has 6 heteroatoms. The summed E-state index contributed by atoms with van der Waals surface area (Å²) in [4.78, 5) is 30.1. The smallest absolute Gasteiger partial charge is 0.262 e. The van der Waals surface area contributed by atoms with E-state index in [-0.39, 0.29) is 18.4 Å². The van der Waals surface area contributed by atoms with E-state index >= 15 is 0 Å². The lowest BCUT2D eigenvalue weighted by molar-refractivity contribution is 0.0643. The number of carbonyl (C=O) groups is 2. The van der Waals surface area contributed by atoms with E-state index in [0.29, 0.717) is 23.2 Å². The number of ether oxygens (including phenoxy) is 1. The summed E-state index contributed by atoms with van der Waals surface area (Å²) in [7, 11) is 1.63. The molecule has 2 unspecified atom stereocenters. The van der Waals surface area contributed by atoms with E-state index in [1.807, 2.05) is 36.4 Å². The maximum atomic E-state index is 14.3. The number of para-hydroxylation sites is 2. The highest BCUT2D eigenvalue weighted by Gasteiger charge is 2.44. The van der Waals surface area contributed by atoms with Gasteiger partial charge in [0.1, 0.15) is 5.75 Å². The Morgan fingerprint density at radius 1 is 0.718 bits per heavy atom. The number of hydrogen-bond acceptors (Lipinski definition) is 3. The van der Waals surface area contributed by atoms with E-state index in [2.05, 4.69) is 45.5 Å². The van der Waals surface area contributed by atoms with Crippen LogP contribution in [0.15, 0.2) is 72.8 Å². The Labute approximate surface area is 224 Å². The monoisotopic (exact) mass is 511 g/mol. The Hall–Kier alpha value is -4.58. The van der Waals surface area contributed by atoms with Crippen LogP contribution in [0, 0.1) is 0 Å². The standard InChI is InChI=1S/C33H25N3O3/c1-39-21-14-10-18(11-15-21)17-34-32(37)28-26-22-6-2-4-8-24(22)35-19-12-13-20(16-19)36-25-9-5-3-7-23(25)27(29(28)33(34)38)31(36)30(26)35/h2-11,14-15,19-20H,12-13,16-17H2,1H3. The summed E-state index contributed by atoms with van der Waals surface area (Å²) in [5.41, 5.74) is 6.54. The Morgan fingerprint density at radius 2 is 1.23 bits per heavy atom. The first-order chi connectivity index (χ1) is 19.2. The number of aromatic nitrogens is 2. The lowest BCUT2D eigenvalue weighted by atomic mass is 9.96. The van der Waals surface area contributed by atoms with Gasteiger partial charge in [-0.15, -0.1) is 0 Å². The van der Waals surface area contributed by atoms with Crippen molar-refractivity contribution in [2.45, 2.75) is 37.9 Å². The summed E-state index contributed by atoms with van der Waals surface area (Å²) in [6.45, 7) is 0.224. The first-order valence-corrected chi connectivity index (χ1v) is 13.7. The highest BCUT2D eigenvalue weighted by Crippen LogP contribution is 2.54. The highest BCUT2D eigenvalue weighted by atomic mass is 16.5. The van der Waals surface area contributed by atoms with Crippen LogP contribution in [-0.2, 0) is 6.54 Å². The van der Waals surface area contributed by atoms with Gasteiger partial charge in [-0.2, -0.15) is 0 Å². The second-order valence-electron chi connectivity index (χ2n) is 11.1. The fourth-order valence-electron chi connectivity index (χ4n) is 7.76. The molecule has 39 heavy (non-hydrogen) atoms. The van der Waals surface area contributed by atoms with Crippen LogP contribution in [0.3, 0.4) is 0 Å². The highest BCUT2D eigenvalue weighted by molar-refractivity contribution is 6.39. The van der Waals surface area contributed by atoms with Gasteiger partial charge in [-0.05, 0) is 49.1 Å². The lowest BCUT2D eigenvalue weighted by Gasteiger charge is -2.16. The molecule has 4 heterocycles. The third-order valence-corrected chi connectivity index (χ3v) is 9.32. The second kappa shape index (κ2) is 7.29. The number of imide groups is 1. The van der Waals surface area contributed by atoms with E-state index < -0.39 is 0 Å². The van der Waals surface area contributed by atoms with Crippen LogP contribution in [0.1, 0.15) is 57.6 Å². The molecule has 1 saturated carbocycles. The molecule has 4 aromatic carbocycles. The topological polar surface area (TPSA) is 56.5 Å². The molecule has 1 aliphatic carbocycles. The van der Waals surface area contributed by atoms with Crippen LogP contribution in [0.2, 0.25) is 0 Å². The van der Waals surface area contributed by atoms with E-state index in [1.165, 1.54) is 4.90 Å². The van der Waals surface area contributed by atoms with Gasteiger partial charge in [-0.3, -0.25) is 14.5 Å². The molecule has 3 aliphatic rings.